The average molecular weight is 414 g/mol. The van der Waals surface area contributed by atoms with Gasteiger partial charge in [0.25, 0.3) is 0 Å². The Labute approximate surface area is 178 Å². The molecule has 0 saturated heterocycles. The van der Waals surface area contributed by atoms with E-state index in [1.807, 2.05) is 24.3 Å². The molecule has 0 saturated carbocycles. The van der Waals surface area contributed by atoms with Crippen molar-refractivity contribution in [3.8, 4) is 11.3 Å². The highest BCUT2D eigenvalue weighted by Crippen LogP contribution is 2.31. The first-order valence-electron chi connectivity index (χ1n) is 9.67. The number of Topliss-reactive ketones (excluding diaryl/α,β-unsaturated/α-hetero) is 1. The molecule has 0 radical (unpaired) electrons. The fourth-order valence-corrected chi connectivity index (χ4v) is 3.46. The van der Waals surface area contributed by atoms with Gasteiger partial charge in [0.2, 0.25) is 0 Å². The van der Waals surface area contributed by atoms with Crippen molar-refractivity contribution >= 4 is 11.8 Å². The minimum atomic E-state index is -0.906. The van der Waals surface area contributed by atoms with Crippen LogP contribution < -0.4 is 0 Å². The van der Waals surface area contributed by atoms with Crippen molar-refractivity contribution in [3.63, 3.8) is 0 Å². The lowest BCUT2D eigenvalue weighted by Gasteiger charge is -2.20. The number of ether oxygens (including phenoxy) is 1. The van der Waals surface area contributed by atoms with E-state index in [-0.39, 0.29) is 17.0 Å². The quantitative estimate of drug-likeness (QED) is 0.331. The molecule has 0 bridgehead atoms. The van der Waals surface area contributed by atoms with Crippen LogP contribution in [0.4, 0.5) is 4.39 Å². The average Bonchev–Trinajstić information content (AvgIpc) is 3.25. The maximum Gasteiger partial charge on any atom is 0.358 e. The van der Waals surface area contributed by atoms with Crippen LogP contribution in [0.2, 0.25) is 0 Å². The number of esters is 1. The van der Waals surface area contributed by atoms with Gasteiger partial charge < -0.3 is 4.74 Å². The van der Waals surface area contributed by atoms with E-state index in [1.165, 1.54) is 23.9 Å². The molecule has 1 aromatic heterocycles. The Bertz CT molecular complexity index is 1220. The van der Waals surface area contributed by atoms with Gasteiger partial charge in [0.1, 0.15) is 11.9 Å². The molecule has 31 heavy (non-hydrogen) atoms. The minimum Gasteiger partial charge on any atom is -0.464 e. The molecule has 154 valence electrons. The first-order valence-corrected chi connectivity index (χ1v) is 9.67. The van der Waals surface area contributed by atoms with E-state index in [2.05, 4.69) is 5.10 Å². The van der Waals surface area contributed by atoms with E-state index in [4.69, 9.17) is 4.74 Å². The fourth-order valence-electron chi connectivity index (χ4n) is 3.46. The van der Waals surface area contributed by atoms with Crippen LogP contribution in [0.1, 0.15) is 32.5 Å². The zero-order valence-electron chi connectivity index (χ0n) is 16.7. The number of carbonyl (C=O) groups is 2. The highest BCUT2D eigenvalue weighted by atomic mass is 19.1. The standard InChI is InChI=1S/C25H19FN2O3/c1-31-25(30)21-16-22(19-14-8-9-15-20(19)26)28(27-21)23(17-10-4-2-5-11-17)24(29)18-12-6-3-7-13-18/h2-16,23H,1H3. The summed E-state index contributed by atoms with van der Waals surface area (Å²) >= 11 is 0. The maximum absolute atomic E-state index is 14.7. The molecule has 3 aromatic carbocycles. The summed E-state index contributed by atoms with van der Waals surface area (Å²) in [7, 11) is 1.24. The topological polar surface area (TPSA) is 61.2 Å². The molecule has 0 aliphatic carbocycles. The Morgan fingerprint density at radius 1 is 0.903 bits per heavy atom. The Morgan fingerprint density at radius 2 is 1.52 bits per heavy atom. The van der Waals surface area contributed by atoms with Crippen molar-refractivity contribution in [3.05, 3.63) is 114 Å². The number of nitrogens with zero attached hydrogens (tertiary/aromatic N) is 2. The van der Waals surface area contributed by atoms with Crippen LogP contribution in [0.5, 0.6) is 0 Å². The minimum absolute atomic E-state index is 0.0115. The van der Waals surface area contributed by atoms with Gasteiger partial charge in [0.05, 0.1) is 12.8 Å². The first kappa shape index (κ1) is 20.2. The molecule has 6 heteroatoms. The largest absolute Gasteiger partial charge is 0.464 e. The number of ketones is 1. The number of hydrogen-bond donors (Lipinski definition) is 0. The van der Waals surface area contributed by atoms with E-state index in [1.54, 1.807) is 54.6 Å². The maximum atomic E-state index is 14.7. The highest BCUT2D eigenvalue weighted by Gasteiger charge is 2.29. The fraction of sp³-hybridized carbons (Fsp3) is 0.0800. The summed E-state index contributed by atoms with van der Waals surface area (Å²) in [4.78, 5) is 25.8. The predicted molar refractivity (Wildman–Crippen MR) is 114 cm³/mol. The summed E-state index contributed by atoms with van der Waals surface area (Å²) in [6, 6.07) is 24.6. The molecule has 0 amide bonds. The number of aromatic nitrogens is 2. The van der Waals surface area contributed by atoms with Crippen LogP contribution in [0.3, 0.4) is 0 Å². The second-order valence-corrected chi connectivity index (χ2v) is 6.87. The number of carbonyl (C=O) groups excluding carboxylic acids is 2. The van der Waals surface area contributed by atoms with E-state index < -0.39 is 17.8 Å². The lowest BCUT2D eigenvalue weighted by molar-refractivity contribution is 0.0591. The SMILES string of the molecule is COC(=O)c1cc(-c2ccccc2F)n(C(C(=O)c2ccccc2)c2ccccc2)n1. The van der Waals surface area contributed by atoms with E-state index >= 15 is 0 Å². The second kappa shape index (κ2) is 8.75. The van der Waals surface area contributed by atoms with Crippen molar-refractivity contribution in [2.45, 2.75) is 6.04 Å². The predicted octanol–water partition coefficient (Wildman–Crippen LogP) is 4.95. The lowest BCUT2D eigenvalue weighted by atomic mass is 9.97. The van der Waals surface area contributed by atoms with Crippen molar-refractivity contribution in [2.75, 3.05) is 7.11 Å². The van der Waals surface area contributed by atoms with Crippen LogP contribution >= 0.6 is 0 Å². The van der Waals surface area contributed by atoms with Crippen molar-refractivity contribution < 1.29 is 18.7 Å². The molecule has 4 rings (SSSR count). The van der Waals surface area contributed by atoms with Crippen LogP contribution in [-0.4, -0.2) is 28.6 Å². The third-order valence-corrected chi connectivity index (χ3v) is 4.95. The molecular weight excluding hydrogens is 395 g/mol. The molecule has 0 spiro atoms. The van der Waals surface area contributed by atoms with Gasteiger partial charge in [-0.1, -0.05) is 72.8 Å². The normalized spacial score (nSPS) is 11.7. The molecule has 0 N–H and O–H groups in total. The summed E-state index contributed by atoms with van der Waals surface area (Å²) < 4.78 is 20.9. The highest BCUT2D eigenvalue weighted by molar-refractivity contribution is 6.01. The van der Waals surface area contributed by atoms with E-state index in [9.17, 15) is 14.0 Å². The van der Waals surface area contributed by atoms with Gasteiger partial charge in [0.15, 0.2) is 11.5 Å². The third-order valence-electron chi connectivity index (χ3n) is 4.95. The Morgan fingerprint density at radius 3 is 2.16 bits per heavy atom. The molecule has 1 unspecified atom stereocenters. The molecule has 1 atom stereocenters. The first-order chi connectivity index (χ1) is 15.1. The summed E-state index contributed by atoms with van der Waals surface area (Å²) in [6.45, 7) is 0. The molecule has 5 nitrogen and oxygen atoms in total. The summed E-state index contributed by atoms with van der Waals surface area (Å²) in [5.74, 6) is -1.39. The smallest absolute Gasteiger partial charge is 0.358 e. The summed E-state index contributed by atoms with van der Waals surface area (Å²) in [5, 5.41) is 4.38. The molecule has 1 heterocycles. The van der Waals surface area contributed by atoms with Crippen molar-refractivity contribution in [2.24, 2.45) is 0 Å². The van der Waals surface area contributed by atoms with Crippen LogP contribution in [-0.2, 0) is 4.74 Å². The Balaban J connectivity index is 1.96. The van der Waals surface area contributed by atoms with Crippen LogP contribution in [0, 0.1) is 5.82 Å². The van der Waals surface area contributed by atoms with Gasteiger partial charge in [-0.15, -0.1) is 0 Å². The lowest BCUT2D eigenvalue weighted by Crippen LogP contribution is -2.23. The van der Waals surface area contributed by atoms with E-state index in [0.717, 1.165) is 0 Å². The molecule has 0 aliphatic heterocycles. The number of benzene rings is 3. The van der Waals surface area contributed by atoms with Gasteiger partial charge in [-0.05, 0) is 23.8 Å². The number of halogens is 1. The van der Waals surface area contributed by atoms with Crippen molar-refractivity contribution in [1.82, 2.24) is 9.78 Å². The van der Waals surface area contributed by atoms with Gasteiger partial charge in [-0.25, -0.2) is 13.9 Å². The summed E-state index contributed by atoms with van der Waals surface area (Å²) in [5.41, 5.74) is 1.66. The molecule has 0 fully saturated rings. The monoisotopic (exact) mass is 414 g/mol. The molecule has 4 aromatic rings. The summed E-state index contributed by atoms with van der Waals surface area (Å²) in [6.07, 6.45) is 0. The number of rotatable bonds is 6. The second-order valence-electron chi connectivity index (χ2n) is 6.87. The Hall–Kier alpha value is -4.06. The van der Waals surface area contributed by atoms with Gasteiger partial charge in [0, 0.05) is 11.1 Å². The third kappa shape index (κ3) is 4.00. The Kier molecular flexibility index (Phi) is 5.71. The van der Waals surface area contributed by atoms with Crippen molar-refractivity contribution in [1.29, 1.82) is 0 Å². The number of hydrogen-bond acceptors (Lipinski definition) is 4. The van der Waals surface area contributed by atoms with Gasteiger partial charge in [-0.3, -0.25) is 4.79 Å². The zero-order chi connectivity index (χ0) is 21.8. The molecular formula is C25H19FN2O3. The van der Waals surface area contributed by atoms with Crippen LogP contribution in [0.15, 0.2) is 91.0 Å². The molecule has 0 aliphatic rings. The zero-order valence-corrected chi connectivity index (χ0v) is 16.7. The van der Waals surface area contributed by atoms with Gasteiger partial charge >= 0.3 is 5.97 Å². The van der Waals surface area contributed by atoms with E-state index in [0.29, 0.717) is 16.8 Å². The van der Waals surface area contributed by atoms with Gasteiger partial charge in [-0.2, -0.15) is 5.10 Å². The van der Waals surface area contributed by atoms with Crippen LogP contribution in [0.25, 0.3) is 11.3 Å². The number of methoxy groups -OCH3 is 1.